The molecular weight excluding hydrogens is 404 g/mol. The number of fused-ring (bicyclic) bond motifs is 3. The van der Waals surface area contributed by atoms with Crippen LogP contribution in [0.2, 0.25) is 5.02 Å². The maximum absolute atomic E-state index is 9.76. The molecule has 30 heavy (non-hydrogen) atoms. The van der Waals surface area contributed by atoms with Crippen LogP contribution in [-0.4, -0.2) is 36.7 Å². The Bertz CT molecular complexity index is 1050. The van der Waals surface area contributed by atoms with Crippen LogP contribution < -0.4 is 0 Å². The molecule has 1 aliphatic heterocycles. The number of nitrogens with zero attached hydrogens (tertiary/aromatic N) is 4. The minimum Gasteiger partial charge on any atom is -0.481 e. The number of aliphatic imine (C=N–C) groups is 1. The average molecular weight is 427 g/mol. The Morgan fingerprint density at radius 2 is 1.93 bits per heavy atom. The number of rotatable bonds is 5. The Balaban J connectivity index is 0.000000318. The summed E-state index contributed by atoms with van der Waals surface area (Å²) in [5, 5.41) is 26.4. The van der Waals surface area contributed by atoms with E-state index in [2.05, 4.69) is 10.2 Å². The van der Waals surface area contributed by atoms with Crippen molar-refractivity contribution in [2.24, 2.45) is 4.99 Å². The van der Waals surface area contributed by atoms with E-state index in [0.717, 1.165) is 35.4 Å². The number of aliphatic carboxylic acids is 1. The molecule has 156 valence electrons. The lowest BCUT2D eigenvalue weighted by atomic mass is 10.0. The first-order chi connectivity index (χ1) is 14.5. The van der Waals surface area contributed by atoms with Gasteiger partial charge in [0.05, 0.1) is 11.4 Å². The third kappa shape index (κ3) is 4.93. The topological polar surface area (TPSA) is 101 Å². The second-order valence-corrected chi connectivity index (χ2v) is 7.15. The number of unbranched alkanes of at least 4 members (excludes halogenated alkanes) is 1. The molecule has 0 unspecified atom stereocenters. The Morgan fingerprint density at radius 3 is 2.57 bits per heavy atom. The summed E-state index contributed by atoms with van der Waals surface area (Å²) in [5.74, 6) is 0.499. The highest BCUT2D eigenvalue weighted by atomic mass is 35.5. The molecule has 8 heteroatoms. The normalized spacial score (nSPS) is 12.0. The van der Waals surface area contributed by atoms with Crippen LogP contribution in [0.3, 0.4) is 0 Å². The number of carboxylic acid groups (broad SMARTS) is 1. The second-order valence-electron chi connectivity index (χ2n) is 6.72. The highest BCUT2D eigenvalue weighted by molar-refractivity contribution is 6.31. The zero-order chi connectivity index (χ0) is 21.5. The van der Waals surface area contributed by atoms with Crippen molar-refractivity contribution in [3.8, 4) is 5.69 Å². The summed E-state index contributed by atoms with van der Waals surface area (Å²) in [4.78, 5) is 14.5. The molecule has 1 aliphatic rings. The first-order valence-corrected chi connectivity index (χ1v) is 10.1. The fraction of sp³-hybridized carbons (Fsp3) is 0.273. The van der Waals surface area contributed by atoms with E-state index >= 15 is 0 Å². The number of hydrogen-bond donors (Lipinski definition) is 2. The van der Waals surface area contributed by atoms with Crippen LogP contribution >= 0.6 is 11.6 Å². The highest BCUT2D eigenvalue weighted by Gasteiger charge is 2.22. The average Bonchev–Trinajstić information content (AvgIpc) is 3.09. The van der Waals surface area contributed by atoms with Crippen molar-refractivity contribution in [3.63, 3.8) is 0 Å². The van der Waals surface area contributed by atoms with Gasteiger partial charge < -0.3 is 10.2 Å². The van der Waals surface area contributed by atoms with Gasteiger partial charge in [0.1, 0.15) is 13.2 Å². The van der Waals surface area contributed by atoms with Crippen LogP contribution in [0.25, 0.3) is 5.69 Å². The van der Waals surface area contributed by atoms with Gasteiger partial charge in [0.25, 0.3) is 0 Å². The Morgan fingerprint density at radius 1 is 1.17 bits per heavy atom. The van der Waals surface area contributed by atoms with Crippen LogP contribution in [-0.2, 0) is 17.9 Å². The van der Waals surface area contributed by atoms with Crippen molar-refractivity contribution in [3.05, 3.63) is 76.3 Å². The number of aromatic nitrogens is 3. The Hall–Kier alpha value is -3.03. The fourth-order valence-electron chi connectivity index (χ4n) is 3.14. The number of aliphatic hydroxyl groups excluding tert-OH is 1. The largest absolute Gasteiger partial charge is 0.481 e. The van der Waals surface area contributed by atoms with Crippen LogP contribution in [0.5, 0.6) is 0 Å². The minimum atomic E-state index is -0.693. The van der Waals surface area contributed by atoms with E-state index in [4.69, 9.17) is 21.7 Å². The summed E-state index contributed by atoms with van der Waals surface area (Å²) in [7, 11) is 0. The van der Waals surface area contributed by atoms with Gasteiger partial charge in [-0.15, -0.1) is 10.2 Å². The number of carboxylic acids is 1. The van der Waals surface area contributed by atoms with Crippen molar-refractivity contribution >= 4 is 23.3 Å². The molecule has 0 fully saturated rings. The molecule has 4 rings (SSSR count). The van der Waals surface area contributed by atoms with E-state index in [9.17, 15) is 9.90 Å². The van der Waals surface area contributed by atoms with E-state index in [1.165, 1.54) is 0 Å². The molecule has 0 amide bonds. The standard InChI is InChI=1S/C17H13ClN4O.C5H10O2/c18-12-6-7-14-13(8-12)17(11-4-2-1-3-5-11)19-9-15-20-21-16(10-23)22(14)15;1-2-3-4-5(6)7/h1-8,23H,9-10H2;2-4H2,1H3,(H,6,7). The summed E-state index contributed by atoms with van der Waals surface area (Å²) in [6.07, 6.45) is 2.08. The highest BCUT2D eigenvalue weighted by Crippen LogP contribution is 2.28. The molecule has 0 aliphatic carbocycles. The summed E-state index contributed by atoms with van der Waals surface area (Å²) in [6, 6.07) is 15.6. The summed E-state index contributed by atoms with van der Waals surface area (Å²) >= 11 is 6.21. The predicted molar refractivity (Wildman–Crippen MR) is 115 cm³/mol. The molecule has 0 atom stereocenters. The molecule has 2 heterocycles. The van der Waals surface area contributed by atoms with Crippen molar-refractivity contribution in [1.82, 2.24) is 14.8 Å². The van der Waals surface area contributed by atoms with Crippen LogP contribution in [0.15, 0.2) is 53.5 Å². The smallest absolute Gasteiger partial charge is 0.303 e. The van der Waals surface area contributed by atoms with Crippen LogP contribution in [0.4, 0.5) is 0 Å². The summed E-state index contributed by atoms with van der Waals surface area (Å²) in [6.45, 7) is 2.18. The van der Waals surface area contributed by atoms with Gasteiger partial charge >= 0.3 is 5.97 Å². The molecule has 0 spiro atoms. The second kappa shape index (κ2) is 10.1. The molecule has 2 aromatic carbocycles. The molecule has 0 saturated heterocycles. The third-order valence-corrected chi connectivity index (χ3v) is 4.80. The van der Waals surface area contributed by atoms with Gasteiger partial charge in [-0.05, 0) is 24.6 Å². The monoisotopic (exact) mass is 426 g/mol. The molecular formula is C22H23ClN4O3. The lowest BCUT2D eigenvalue weighted by molar-refractivity contribution is -0.137. The zero-order valence-corrected chi connectivity index (χ0v) is 17.4. The van der Waals surface area contributed by atoms with Gasteiger partial charge in [-0.1, -0.05) is 55.3 Å². The van der Waals surface area contributed by atoms with Crippen molar-refractivity contribution in [2.45, 2.75) is 39.3 Å². The van der Waals surface area contributed by atoms with E-state index < -0.39 is 5.97 Å². The first-order valence-electron chi connectivity index (χ1n) is 9.71. The SMILES string of the molecule is CCCCC(=O)O.OCc1nnc2n1-c1ccc(Cl)cc1C(c1ccccc1)=NC2. The molecule has 7 nitrogen and oxygen atoms in total. The maximum atomic E-state index is 9.76. The summed E-state index contributed by atoms with van der Waals surface area (Å²) < 4.78 is 1.85. The number of aliphatic hydroxyl groups is 1. The van der Waals surface area contributed by atoms with Gasteiger partial charge in [-0.3, -0.25) is 14.4 Å². The Labute approximate surface area is 179 Å². The van der Waals surface area contributed by atoms with E-state index in [-0.39, 0.29) is 6.61 Å². The number of benzene rings is 2. The Kier molecular flexibility index (Phi) is 7.32. The quantitative estimate of drug-likeness (QED) is 0.641. The van der Waals surface area contributed by atoms with Crippen molar-refractivity contribution < 1.29 is 15.0 Å². The molecule has 2 N–H and O–H groups in total. The fourth-order valence-corrected chi connectivity index (χ4v) is 3.31. The van der Waals surface area contributed by atoms with E-state index in [0.29, 0.717) is 29.6 Å². The molecule has 0 saturated carbocycles. The lowest BCUT2D eigenvalue weighted by Gasteiger charge is -2.13. The number of hydrogen-bond acceptors (Lipinski definition) is 5. The van der Waals surface area contributed by atoms with Crippen molar-refractivity contribution in [1.29, 1.82) is 0 Å². The van der Waals surface area contributed by atoms with Crippen LogP contribution in [0, 0.1) is 0 Å². The van der Waals surface area contributed by atoms with Gasteiger partial charge in [0, 0.05) is 22.6 Å². The lowest BCUT2D eigenvalue weighted by Crippen LogP contribution is -2.09. The van der Waals surface area contributed by atoms with Gasteiger partial charge in [-0.2, -0.15) is 0 Å². The summed E-state index contributed by atoms with van der Waals surface area (Å²) in [5.41, 5.74) is 3.65. The molecule has 0 bridgehead atoms. The molecule has 0 radical (unpaired) electrons. The van der Waals surface area contributed by atoms with Gasteiger partial charge in [-0.25, -0.2) is 0 Å². The molecule has 3 aromatic rings. The van der Waals surface area contributed by atoms with Gasteiger partial charge in [0.2, 0.25) is 0 Å². The van der Waals surface area contributed by atoms with Gasteiger partial charge in [0.15, 0.2) is 11.6 Å². The maximum Gasteiger partial charge on any atom is 0.303 e. The number of carbonyl (C=O) groups is 1. The van der Waals surface area contributed by atoms with Crippen molar-refractivity contribution in [2.75, 3.05) is 0 Å². The minimum absolute atomic E-state index is 0.185. The third-order valence-electron chi connectivity index (χ3n) is 4.56. The molecule has 1 aromatic heterocycles. The number of halogens is 1. The predicted octanol–water partition coefficient (Wildman–Crippen LogP) is 4.03. The first kappa shape index (κ1) is 21.7. The zero-order valence-electron chi connectivity index (χ0n) is 16.6. The van der Waals surface area contributed by atoms with Crippen LogP contribution in [0.1, 0.15) is 49.0 Å². The van der Waals surface area contributed by atoms with E-state index in [1.807, 2.05) is 60.0 Å². The van der Waals surface area contributed by atoms with E-state index in [1.54, 1.807) is 0 Å².